The molecule has 4 fully saturated rings. The van der Waals surface area contributed by atoms with Gasteiger partial charge in [0.05, 0.1) is 5.56 Å². The van der Waals surface area contributed by atoms with Gasteiger partial charge in [0.2, 0.25) is 0 Å². The molecule has 4 aliphatic carbocycles. The predicted octanol–water partition coefficient (Wildman–Crippen LogP) is 3.37. The molecule has 1 amide bonds. The Morgan fingerprint density at radius 1 is 1.15 bits per heavy atom. The molecule has 142 valence electrons. The first kappa shape index (κ1) is 17.6. The Bertz CT molecular complexity index is 699. The van der Waals surface area contributed by atoms with Crippen LogP contribution in [0.2, 0.25) is 0 Å². The standard InChI is InChI=1S/C21H30N2O3/c1-4-23-13(2)5-18(14(23)3)20(25)26-12-19(24)22-21-9-15-6-16(10-21)8-17(7-15)11-21/h5,15-17H,4,6-12H2,1-3H3,(H,22,24). The molecule has 0 aromatic carbocycles. The van der Waals surface area contributed by atoms with E-state index in [4.69, 9.17) is 4.74 Å². The minimum Gasteiger partial charge on any atom is -0.452 e. The fraction of sp³-hybridized carbons (Fsp3) is 0.714. The van der Waals surface area contributed by atoms with Gasteiger partial charge in [0.25, 0.3) is 5.91 Å². The van der Waals surface area contributed by atoms with Crippen LogP contribution in [0.3, 0.4) is 0 Å². The molecule has 26 heavy (non-hydrogen) atoms. The Hall–Kier alpha value is -1.78. The van der Waals surface area contributed by atoms with Gasteiger partial charge in [-0.25, -0.2) is 4.79 Å². The van der Waals surface area contributed by atoms with Crippen LogP contribution in [0.15, 0.2) is 6.07 Å². The van der Waals surface area contributed by atoms with Crippen molar-refractivity contribution in [2.45, 2.75) is 71.4 Å². The largest absolute Gasteiger partial charge is 0.452 e. The number of ether oxygens (including phenoxy) is 1. The van der Waals surface area contributed by atoms with Crippen LogP contribution in [-0.4, -0.2) is 28.6 Å². The number of amides is 1. The second-order valence-electron chi connectivity index (χ2n) is 8.85. The van der Waals surface area contributed by atoms with Crippen LogP contribution < -0.4 is 5.32 Å². The Balaban J connectivity index is 1.35. The molecule has 0 spiro atoms. The van der Waals surface area contributed by atoms with Gasteiger partial charge in [-0.2, -0.15) is 0 Å². The second kappa shape index (κ2) is 6.43. The Morgan fingerprint density at radius 3 is 2.23 bits per heavy atom. The predicted molar refractivity (Wildman–Crippen MR) is 98.9 cm³/mol. The third kappa shape index (κ3) is 3.06. The molecule has 1 N–H and O–H groups in total. The number of aromatic nitrogens is 1. The summed E-state index contributed by atoms with van der Waals surface area (Å²) in [6.07, 6.45) is 7.36. The molecule has 5 rings (SSSR count). The SMILES string of the molecule is CCn1c(C)cc(C(=O)OCC(=O)NC23CC4CC(CC(C4)C2)C3)c1C. The number of hydrogen-bond donors (Lipinski definition) is 1. The molecule has 0 saturated heterocycles. The molecule has 4 saturated carbocycles. The molecule has 0 radical (unpaired) electrons. The highest BCUT2D eigenvalue weighted by Gasteiger charge is 2.51. The summed E-state index contributed by atoms with van der Waals surface area (Å²) in [5.41, 5.74) is 2.47. The van der Waals surface area contributed by atoms with E-state index in [0.717, 1.165) is 54.9 Å². The van der Waals surface area contributed by atoms with Crippen molar-refractivity contribution in [3.63, 3.8) is 0 Å². The van der Waals surface area contributed by atoms with E-state index < -0.39 is 5.97 Å². The molecule has 0 unspecified atom stereocenters. The summed E-state index contributed by atoms with van der Waals surface area (Å²) >= 11 is 0. The zero-order valence-electron chi connectivity index (χ0n) is 16.1. The summed E-state index contributed by atoms with van der Waals surface area (Å²) in [7, 11) is 0. The van der Waals surface area contributed by atoms with Gasteiger partial charge in [-0.1, -0.05) is 0 Å². The maximum Gasteiger partial charge on any atom is 0.340 e. The highest BCUT2D eigenvalue weighted by Crippen LogP contribution is 2.55. The van der Waals surface area contributed by atoms with E-state index in [1.165, 1.54) is 19.3 Å². The molecule has 5 nitrogen and oxygen atoms in total. The van der Waals surface area contributed by atoms with Crippen LogP contribution in [0.25, 0.3) is 0 Å². The van der Waals surface area contributed by atoms with Gasteiger partial charge in [0.1, 0.15) is 0 Å². The van der Waals surface area contributed by atoms with Gasteiger partial charge < -0.3 is 14.6 Å². The molecule has 1 aromatic rings. The number of carbonyl (C=O) groups is 2. The lowest BCUT2D eigenvalue weighted by Gasteiger charge is -2.56. The number of nitrogens with zero attached hydrogens (tertiary/aromatic N) is 1. The van der Waals surface area contributed by atoms with E-state index in [9.17, 15) is 9.59 Å². The van der Waals surface area contributed by atoms with Crippen molar-refractivity contribution in [3.8, 4) is 0 Å². The highest BCUT2D eigenvalue weighted by molar-refractivity contribution is 5.92. The third-order valence-electron chi connectivity index (χ3n) is 6.89. The average Bonchev–Trinajstić information content (AvgIpc) is 2.85. The van der Waals surface area contributed by atoms with Gasteiger partial charge in [0, 0.05) is 23.5 Å². The van der Waals surface area contributed by atoms with E-state index in [1.54, 1.807) is 0 Å². The summed E-state index contributed by atoms with van der Waals surface area (Å²) in [6.45, 7) is 6.58. The Labute approximate surface area is 155 Å². The lowest BCUT2D eigenvalue weighted by atomic mass is 9.53. The number of aryl methyl sites for hydroxylation is 1. The van der Waals surface area contributed by atoms with Crippen molar-refractivity contribution < 1.29 is 14.3 Å². The van der Waals surface area contributed by atoms with Crippen molar-refractivity contribution >= 4 is 11.9 Å². The first-order chi connectivity index (χ1) is 12.4. The zero-order valence-corrected chi connectivity index (χ0v) is 16.1. The summed E-state index contributed by atoms with van der Waals surface area (Å²) in [5.74, 6) is 1.79. The summed E-state index contributed by atoms with van der Waals surface area (Å²) < 4.78 is 7.41. The number of nitrogens with one attached hydrogen (secondary N) is 1. The molecular formula is C21H30N2O3. The maximum atomic E-state index is 12.5. The first-order valence-corrected chi connectivity index (χ1v) is 10.0. The van der Waals surface area contributed by atoms with E-state index in [0.29, 0.717) is 5.56 Å². The summed E-state index contributed by atoms with van der Waals surface area (Å²) in [5, 5.41) is 3.25. The third-order valence-corrected chi connectivity index (χ3v) is 6.89. The Kier molecular flexibility index (Phi) is 4.36. The van der Waals surface area contributed by atoms with E-state index in [-0.39, 0.29) is 18.1 Å². The zero-order chi connectivity index (χ0) is 18.5. The molecule has 0 aliphatic heterocycles. The monoisotopic (exact) mass is 358 g/mol. The molecule has 1 aromatic heterocycles. The van der Waals surface area contributed by atoms with Gasteiger partial charge in [0.15, 0.2) is 6.61 Å². The average molecular weight is 358 g/mol. The van der Waals surface area contributed by atoms with E-state index in [2.05, 4.69) is 9.88 Å². The lowest BCUT2D eigenvalue weighted by molar-refractivity contribution is -0.130. The smallest absolute Gasteiger partial charge is 0.340 e. The van der Waals surface area contributed by atoms with Crippen molar-refractivity contribution in [2.24, 2.45) is 17.8 Å². The molecule has 4 aliphatic rings. The van der Waals surface area contributed by atoms with Gasteiger partial charge >= 0.3 is 5.97 Å². The fourth-order valence-corrected chi connectivity index (χ4v) is 6.30. The minimum atomic E-state index is -0.404. The normalized spacial score (nSPS) is 31.9. The van der Waals surface area contributed by atoms with Crippen LogP contribution in [-0.2, 0) is 16.1 Å². The Morgan fingerprint density at radius 2 is 1.73 bits per heavy atom. The number of carbonyl (C=O) groups excluding carboxylic acids is 2. The second-order valence-corrected chi connectivity index (χ2v) is 8.85. The molecule has 4 bridgehead atoms. The topological polar surface area (TPSA) is 60.3 Å². The maximum absolute atomic E-state index is 12.5. The van der Waals surface area contributed by atoms with Crippen molar-refractivity contribution in [1.82, 2.24) is 9.88 Å². The van der Waals surface area contributed by atoms with Crippen LogP contribution in [0.1, 0.15) is 67.2 Å². The number of rotatable bonds is 5. The van der Waals surface area contributed by atoms with Crippen LogP contribution >= 0.6 is 0 Å². The number of hydrogen-bond acceptors (Lipinski definition) is 3. The molecule has 1 heterocycles. The lowest BCUT2D eigenvalue weighted by Crippen LogP contribution is -2.60. The van der Waals surface area contributed by atoms with Gasteiger partial charge in [-0.3, -0.25) is 4.79 Å². The van der Waals surface area contributed by atoms with Crippen molar-refractivity contribution in [3.05, 3.63) is 23.0 Å². The number of esters is 1. The van der Waals surface area contributed by atoms with Crippen LogP contribution in [0, 0.1) is 31.6 Å². The van der Waals surface area contributed by atoms with Crippen molar-refractivity contribution in [2.75, 3.05) is 6.61 Å². The minimum absolute atomic E-state index is 0.0315. The molecular weight excluding hydrogens is 328 g/mol. The first-order valence-electron chi connectivity index (χ1n) is 10.0. The van der Waals surface area contributed by atoms with Crippen molar-refractivity contribution in [1.29, 1.82) is 0 Å². The summed E-state index contributed by atoms with van der Waals surface area (Å²) in [4.78, 5) is 24.9. The van der Waals surface area contributed by atoms with Gasteiger partial charge in [-0.15, -0.1) is 0 Å². The molecule has 5 heteroatoms. The van der Waals surface area contributed by atoms with Crippen LogP contribution in [0.4, 0.5) is 0 Å². The highest BCUT2D eigenvalue weighted by atomic mass is 16.5. The van der Waals surface area contributed by atoms with Crippen LogP contribution in [0.5, 0.6) is 0 Å². The van der Waals surface area contributed by atoms with E-state index in [1.807, 2.05) is 26.8 Å². The fourth-order valence-electron chi connectivity index (χ4n) is 6.30. The summed E-state index contributed by atoms with van der Waals surface area (Å²) in [6, 6.07) is 1.85. The molecule has 0 atom stereocenters. The van der Waals surface area contributed by atoms with Gasteiger partial charge in [-0.05, 0) is 83.1 Å². The quantitative estimate of drug-likeness (QED) is 0.821. The van der Waals surface area contributed by atoms with E-state index >= 15 is 0 Å².